The molecular weight excluding hydrogens is 777 g/mol. The van der Waals surface area contributed by atoms with Gasteiger partial charge in [0.25, 0.3) is 5.69 Å². The summed E-state index contributed by atoms with van der Waals surface area (Å²) in [5, 5.41) is 11.8. The van der Waals surface area contributed by atoms with E-state index in [4.69, 9.17) is 19.2 Å². The van der Waals surface area contributed by atoms with E-state index >= 15 is 0 Å². The molecular formula is C48H52N4O7S. The SMILES string of the molecule is CCCc1nc2c(C)cc(CSc3ccc(Oc4ccc([N+](=O)[O-])c(N(C)C(=O)OC(C)(C)C)c4)cc3)cc2n1Cc1ccc(-c2ccccc2C(=O)OC(C)(C)C)cc1. The molecule has 0 saturated carbocycles. The number of anilines is 1. The minimum Gasteiger partial charge on any atom is -0.457 e. The maximum atomic E-state index is 13.0. The van der Waals surface area contributed by atoms with E-state index in [-0.39, 0.29) is 17.3 Å². The van der Waals surface area contributed by atoms with E-state index in [0.717, 1.165) is 67.5 Å². The van der Waals surface area contributed by atoms with Crippen LogP contribution in [0.2, 0.25) is 0 Å². The van der Waals surface area contributed by atoms with Gasteiger partial charge < -0.3 is 18.8 Å². The number of nitro benzene ring substituents is 1. The lowest BCUT2D eigenvalue weighted by Gasteiger charge is -2.24. The molecule has 312 valence electrons. The third kappa shape index (κ3) is 10.7. The number of nitrogens with zero attached hydrogens (tertiary/aromatic N) is 4. The Morgan fingerprint density at radius 2 is 1.50 bits per heavy atom. The van der Waals surface area contributed by atoms with E-state index in [1.807, 2.05) is 69.3 Å². The van der Waals surface area contributed by atoms with E-state index in [9.17, 15) is 19.7 Å². The van der Waals surface area contributed by atoms with Crippen molar-refractivity contribution in [3.05, 3.63) is 141 Å². The normalized spacial score (nSPS) is 11.7. The van der Waals surface area contributed by atoms with Gasteiger partial charge >= 0.3 is 12.1 Å². The predicted octanol–water partition coefficient (Wildman–Crippen LogP) is 12.3. The Bertz CT molecular complexity index is 2520. The number of amides is 1. The summed E-state index contributed by atoms with van der Waals surface area (Å²) < 4.78 is 19.5. The number of rotatable bonds is 13. The number of carbonyl (C=O) groups is 2. The highest BCUT2D eigenvalue weighted by Gasteiger charge is 2.27. The van der Waals surface area contributed by atoms with Gasteiger partial charge in [0.15, 0.2) is 0 Å². The Balaban J connectivity index is 1.17. The van der Waals surface area contributed by atoms with Crippen LogP contribution in [0.1, 0.15) is 87.8 Å². The summed E-state index contributed by atoms with van der Waals surface area (Å²) in [4.78, 5) is 44.3. The third-order valence-corrected chi connectivity index (χ3v) is 10.5. The molecule has 11 nitrogen and oxygen atoms in total. The minimum atomic E-state index is -0.767. The van der Waals surface area contributed by atoms with Crippen molar-refractivity contribution >= 4 is 46.2 Å². The van der Waals surface area contributed by atoms with Gasteiger partial charge in [0.1, 0.15) is 34.2 Å². The van der Waals surface area contributed by atoms with Crippen molar-refractivity contribution in [1.82, 2.24) is 9.55 Å². The Labute approximate surface area is 355 Å². The van der Waals surface area contributed by atoms with Crippen molar-refractivity contribution in [1.29, 1.82) is 0 Å². The monoisotopic (exact) mass is 828 g/mol. The van der Waals surface area contributed by atoms with Crippen molar-refractivity contribution in [2.45, 2.75) is 96.6 Å². The van der Waals surface area contributed by atoms with E-state index in [1.54, 1.807) is 32.5 Å². The number of aromatic nitrogens is 2. The molecule has 0 aliphatic carbocycles. The molecule has 1 aromatic heterocycles. The number of hydrogen-bond acceptors (Lipinski definition) is 9. The lowest BCUT2D eigenvalue weighted by Crippen LogP contribution is -2.34. The van der Waals surface area contributed by atoms with Crippen molar-refractivity contribution in [2.75, 3.05) is 11.9 Å². The quantitative estimate of drug-likeness (QED) is 0.0484. The number of ether oxygens (including phenoxy) is 3. The Kier molecular flexibility index (Phi) is 13.0. The summed E-state index contributed by atoms with van der Waals surface area (Å²) in [6.45, 7) is 15.7. The Morgan fingerprint density at radius 3 is 2.15 bits per heavy atom. The zero-order chi connectivity index (χ0) is 43.4. The Morgan fingerprint density at radius 1 is 0.833 bits per heavy atom. The first-order chi connectivity index (χ1) is 28.4. The molecule has 1 amide bonds. The minimum absolute atomic E-state index is 0.0607. The molecule has 5 aromatic carbocycles. The molecule has 0 unspecified atom stereocenters. The van der Waals surface area contributed by atoms with E-state index in [0.29, 0.717) is 23.6 Å². The van der Waals surface area contributed by atoms with Crippen LogP contribution in [0.15, 0.2) is 108 Å². The topological polar surface area (TPSA) is 126 Å². The fourth-order valence-corrected chi connectivity index (χ4v) is 7.56. The summed E-state index contributed by atoms with van der Waals surface area (Å²) in [6.07, 6.45) is 1.12. The molecule has 0 fully saturated rings. The average Bonchev–Trinajstić information content (AvgIpc) is 3.53. The number of hydrogen-bond donors (Lipinski definition) is 0. The third-order valence-electron chi connectivity index (χ3n) is 9.45. The first-order valence-corrected chi connectivity index (χ1v) is 20.9. The van der Waals surface area contributed by atoms with E-state index in [2.05, 4.69) is 54.8 Å². The first kappa shape index (κ1) is 43.4. The molecule has 1 heterocycles. The van der Waals surface area contributed by atoms with E-state index in [1.165, 1.54) is 30.8 Å². The van der Waals surface area contributed by atoms with Gasteiger partial charge in [0, 0.05) is 42.8 Å². The average molecular weight is 829 g/mol. The molecule has 0 radical (unpaired) electrons. The Hall–Kier alpha value is -6.14. The van der Waals surface area contributed by atoms with Crippen molar-refractivity contribution in [2.24, 2.45) is 0 Å². The molecule has 0 bridgehead atoms. The fraction of sp³-hybridized carbons (Fsp3) is 0.312. The van der Waals surface area contributed by atoms with Crippen molar-refractivity contribution in [3.63, 3.8) is 0 Å². The van der Waals surface area contributed by atoms with Gasteiger partial charge in [-0.15, -0.1) is 11.8 Å². The number of carbonyl (C=O) groups excluding carboxylic acids is 2. The number of fused-ring (bicyclic) bond motifs is 1. The zero-order valence-electron chi connectivity index (χ0n) is 35.7. The van der Waals surface area contributed by atoms with Gasteiger partial charge in [0.2, 0.25) is 0 Å². The number of thioether (sulfide) groups is 1. The summed E-state index contributed by atoms with van der Waals surface area (Å²) in [5.74, 6) is 2.33. The molecule has 6 rings (SSSR count). The molecule has 0 atom stereocenters. The van der Waals surface area contributed by atoms with Gasteiger partial charge in [-0.1, -0.05) is 55.5 Å². The lowest BCUT2D eigenvalue weighted by molar-refractivity contribution is -0.384. The molecule has 0 saturated heterocycles. The summed E-state index contributed by atoms with van der Waals surface area (Å²) in [5.41, 5.74) is 6.31. The van der Waals surface area contributed by atoms with Gasteiger partial charge in [-0.3, -0.25) is 15.0 Å². The highest BCUT2D eigenvalue weighted by molar-refractivity contribution is 7.98. The van der Waals surface area contributed by atoms with Crippen LogP contribution in [-0.4, -0.2) is 44.8 Å². The van der Waals surface area contributed by atoms with Crippen LogP contribution in [0, 0.1) is 17.0 Å². The van der Waals surface area contributed by atoms with Crippen molar-refractivity contribution < 1.29 is 28.7 Å². The lowest BCUT2D eigenvalue weighted by atomic mass is 9.98. The maximum Gasteiger partial charge on any atom is 0.414 e. The zero-order valence-corrected chi connectivity index (χ0v) is 36.5. The smallest absolute Gasteiger partial charge is 0.414 e. The summed E-state index contributed by atoms with van der Waals surface area (Å²) in [7, 11) is 1.43. The number of benzene rings is 5. The van der Waals surface area contributed by atoms with Crippen LogP contribution in [-0.2, 0) is 28.2 Å². The summed E-state index contributed by atoms with van der Waals surface area (Å²) >= 11 is 1.71. The second-order valence-electron chi connectivity index (χ2n) is 16.7. The molecule has 0 N–H and O–H groups in total. The maximum absolute atomic E-state index is 13.0. The number of aryl methyl sites for hydroxylation is 2. The number of imidazole rings is 1. The van der Waals surface area contributed by atoms with Crippen LogP contribution >= 0.6 is 11.8 Å². The van der Waals surface area contributed by atoms with Crippen LogP contribution in [0.5, 0.6) is 11.5 Å². The van der Waals surface area contributed by atoms with Gasteiger partial charge in [-0.05, 0) is 125 Å². The van der Waals surface area contributed by atoms with Crippen LogP contribution in [0.3, 0.4) is 0 Å². The molecule has 0 aliphatic heterocycles. The number of nitro groups is 1. The number of esters is 1. The molecule has 0 spiro atoms. The van der Waals surface area contributed by atoms with Crippen LogP contribution < -0.4 is 9.64 Å². The molecule has 0 aliphatic rings. The molecule has 12 heteroatoms. The van der Waals surface area contributed by atoms with E-state index < -0.39 is 22.2 Å². The van der Waals surface area contributed by atoms with Gasteiger partial charge in [-0.25, -0.2) is 14.6 Å². The standard InChI is InChI=1S/C48H52N4O7S/c1-10-13-43-49-44-31(2)26-33(27-42(44)51(43)29-32-16-18-34(19-17-32)38-14-11-12-15-39(38)45(53)58-47(3,4)5)30-60-37-23-20-35(21-24-37)57-36-22-25-40(52(55)56)41(28-36)50(9)46(54)59-48(6,7)8/h11-12,14-28H,10,13,29-30H2,1-9H3. The summed E-state index contributed by atoms with van der Waals surface area (Å²) in [6, 6.07) is 32.3. The van der Waals surface area contributed by atoms with Gasteiger partial charge in [-0.2, -0.15) is 0 Å². The molecule has 6 aromatic rings. The van der Waals surface area contributed by atoms with Crippen LogP contribution in [0.4, 0.5) is 16.2 Å². The molecule has 60 heavy (non-hydrogen) atoms. The van der Waals surface area contributed by atoms with Crippen LogP contribution in [0.25, 0.3) is 22.2 Å². The largest absolute Gasteiger partial charge is 0.457 e. The highest BCUT2D eigenvalue weighted by atomic mass is 32.2. The fourth-order valence-electron chi connectivity index (χ4n) is 6.73. The predicted molar refractivity (Wildman–Crippen MR) is 238 cm³/mol. The second kappa shape index (κ2) is 18.0. The first-order valence-electron chi connectivity index (χ1n) is 20.0. The van der Waals surface area contributed by atoms with Gasteiger partial charge in [0.05, 0.1) is 21.5 Å². The second-order valence-corrected chi connectivity index (χ2v) is 17.7. The van der Waals surface area contributed by atoms with Crippen molar-refractivity contribution in [3.8, 4) is 22.6 Å². The highest BCUT2D eigenvalue weighted by Crippen LogP contribution is 2.36.